The second kappa shape index (κ2) is 5.66. The Bertz CT molecular complexity index is 633. The summed E-state index contributed by atoms with van der Waals surface area (Å²) < 4.78 is 0. The third-order valence-corrected chi connectivity index (χ3v) is 3.32. The minimum absolute atomic E-state index is 0.983. The zero-order valence-electron chi connectivity index (χ0n) is 11.5. The molecule has 0 spiro atoms. The largest absolute Gasteiger partial charge is 0.264 e. The molecule has 2 heteroatoms. The molecule has 2 aromatic heterocycles. The Kier molecular flexibility index (Phi) is 3.55. The molecule has 2 nitrogen and oxygen atoms in total. The first-order valence-corrected chi connectivity index (χ1v) is 6.83. The summed E-state index contributed by atoms with van der Waals surface area (Å²) in [5.74, 6) is 0. The Morgan fingerprint density at radius 1 is 0.850 bits per heavy atom. The first-order chi connectivity index (χ1) is 9.86. The number of pyridine rings is 2. The molecular weight excluding hydrogens is 244 g/mol. The Morgan fingerprint density at radius 3 is 2.20 bits per heavy atom. The van der Waals surface area contributed by atoms with Crippen LogP contribution >= 0.6 is 0 Å². The van der Waals surface area contributed by atoms with Crippen LogP contribution in [-0.4, -0.2) is 9.97 Å². The lowest BCUT2D eigenvalue weighted by atomic mass is 10.0. The van der Waals surface area contributed by atoms with Gasteiger partial charge in [-0.1, -0.05) is 37.3 Å². The SMILES string of the molecule is CCc1cc(-c2ccccc2)nc(-c2cccnc2)c1. The third-order valence-electron chi connectivity index (χ3n) is 3.32. The van der Waals surface area contributed by atoms with Crippen LogP contribution in [0, 0.1) is 0 Å². The monoisotopic (exact) mass is 260 g/mol. The van der Waals surface area contributed by atoms with Gasteiger partial charge in [0, 0.05) is 23.5 Å². The van der Waals surface area contributed by atoms with E-state index in [2.05, 4.69) is 36.2 Å². The van der Waals surface area contributed by atoms with Crippen LogP contribution in [0.4, 0.5) is 0 Å². The van der Waals surface area contributed by atoms with Crippen LogP contribution in [0.15, 0.2) is 67.0 Å². The molecule has 0 N–H and O–H groups in total. The van der Waals surface area contributed by atoms with Crippen molar-refractivity contribution in [1.29, 1.82) is 0 Å². The molecule has 0 fully saturated rings. The Labute approximate surface area is 119 Å². The molecule has 0 aliphatic heterocycles. The van der Waals surface area contributed by atoms with Crippen LogP contribution in [0.3, 0.4) is 0 Å². The summed E-state index contributed by atoms with van der Waals surface area (Å²) in [5.41, 5.74) is 5.49. The van der Waals surface area contributed by atoms with Crippen molar-refractivity contribution in [2.75, 3.05) is 0 Å². The Hall–Kier alpha value is -2.48. The molecule has 3 aromatic rings. The van der Waals surface area contributed by atoms with Crippen LogP contribution in [0.1, 0.15) is 12.5 Å². The lowest BCUT2D eigenvalue weighted by molar-refractivity contribution is 1.12. The standard InChI is InChI=1S/C18H16N2/c1-2-14-11-17(15-7-4-3-5-8-15)20-18(12-14)16-9-6-10-19-13-16/h3-13H,2H2,1H3. The summed E-state index contributed by atoms with van der Waals surface area (Å²) in [6, 6.07) is 18.6. The molecule has 0 bridgehead atoms. The summed E-state index contributed by atoms with van der Waals surface area (Å²) in [5, 5.41) is 0. The summed E-state index contributed by atoms with van der Waals surface area (Å²) in [6.07, 6.45) is 4.64. The van der Waals surface area contributed by atoms with Gasteiger partial charge in [0.1, 0.15) is 0 Å². The topological polar surface area (TPSA) is 25.8 Å². The van der Waals surface area contributed by atoms with Crippen LogP contribution in [0.5, 0.6) is 0 Å². The quantitative estimate of drug-likeness (QED) is 0.698. The molecule has 0 aliphatic rings. The van der Waals surface area contributed by atoms with Crippen molar-refractivity contribution in [3.8, 4) is 22.5 Å². The average molecular weight is 260 g/mol. The number of aryl methyl sites for hydroxylation is 1. The molecule has 3 rings (SSSR count). The first kappa shape index (κ1) is 12.5. The van der Waals surface area contributed by atoms with Gasteiger partial charge in [0.2, 0.25) is 0 Å². The first-order valence-electron chi connectivity index (χ1n) is 6.83. The molecule has 0 radical (unpaired) electrons. The number of rotatable bonds is 3. The summed E-state index contributed by atoms with van der Waals surface area (Å²) in [7, 11) is 0. The fourth-order valence-electron chi connectivity index (χ4n) is 2.21. The minimum Gasteiger partial charge on any atom is -0.264 e. The highest BCUT2D eigenvalue weighted by atomic mass is 14.7. The highest BCUT2D eigenvalue weighted by molar-refractivity contribution is 5.66. The molecule has 0 saturated carbocycles. The van der Waals surface area contributed by atoms with Gasteiger partial charge in [0.05, 0.1) is 11.4 Å². The smallest absolute Gasteiger partial charge is 0.0727 e. The second-order valence-electron chi connectivity index (χ2n) is 4.71. The normalized spacial score (nSPS) is 10.4. The van der Waals surface area contributed by atoms with Gasteiger partial charge < -0.3 is 0 Å². The summed E-state index contributed by atoms with van der Waals surface area (Å²) in [6.45, 7) is 2.16. The molecule has 0 unspecified atom stereocenters. The molecule has 0 aliphatic carbocycles. The van der Waals surface area contributed by atoms with E-state index in [1.807, 2.05) is 36.5 Å². The van der Waals surface area contributed by atoms with Gasteiger partial charge in [-0.15, -0.1) is 0 Å². The van der Waals surface area contributed by atoms with Gasteiger partial charge in [-0.05, 0) is 36.2 Å². The summed E-state index contributed by atoms with van der Waals surface area (Å²) in [4.78, 5) is 8.96. The fourth-order valence-corrected chi connectivity index (χ4v) is 2.21. The maximum absolute atomic E-state index is 4.78. The number of benzene rings is 1. The van der Waals surface area contributed by atoms with Crippen LogP contribution in [0.2, 0.25) is 0 Å². The molecule has 0 atom stereocenters. The van der Waals surface area contributed by atoms with E-state index >= 15 is 0 Å². The van der Waals surface area contributed by atoms with Crippen molar-refractivity contribution in [2.24, 2.45) is 0 Å². The van der Waals surface area contributed by atoms with Gasteiger partial charge in [-0.25, -0.2) is 4.98 Å². The van der Waals surface area contributed by atoms with Crippen molar-refractivity contribution >= 4 is 0 Å². The van der Waals surface area contributed by atoms with Crippen molar-refractivity contribution < 1.29 is 0 Å². The fraction of sp³-hybridized carbons (Fsp3) is 0.111. The Morgan fingerprint density at radius 2 is 1.55 bits per heavy atom. The van der Waals surface area contributed by atoms with E-state index in [9.17, 15) is 0 Å². The second-order valence-corrected chi connectivity index (χ2v) is 4.71. The molecule has 1 aromatic carbocycles. The highest BCUT2D eigenvalue weighted by Crippen LogP contribution is 2.24. The van der Waals surface area contributed by atoms with Gasteiger partial charge in [0.25, 0.3) is 0 Å². The van der Waals surface area contributed by atoms with Crippen molar-refractivity contribution in [3.63, 3.8) is 0 Å². The van der Waals surface area contributed by atoms with Crippen LogP contribution in [-0.2, 0) is 6.42 Å². The van der Waals surface area contributed by atoms with E-state index in [1.54, 1.807) is 6.20 Å². The highest BCUT2D eigenvalue weighted by Gasteiger charge is 2.06. The van der Waals surface area contributed by atoms with Crippen molar-refractivity contribution in [2.45, 2.75) is 13.3 Å². The van der Waals surface area contributed by atoms with Crippen molar-refractivity contribution in [1.82, 2.24) is 9.97 Å². The maximum atomic E-state index is 4.78. The molecular formula is C18H16N2. The zero-order valence-corrected chi connectivity index (χ0v) is 11.5. The van der Waals surface area contributed by atoms with E-state index < -0.39 is 0 Å². The number of aromatic nitrogens is 2. The summed E-state index contributed by atoms with van der Waals surface area (Å²) >= 11 is 0. The lowest BCUT2D eigenvalue weighted by Gasteiger charge is -2.08. The van der Waals surface area contributed by atoms with Crippen LogP contribution in [0.25, 0.3) is 22.5 Å². The zero-order chi connectivity index (χ0) is 13.8. The third kappa shape index (κ3) is 2.59. The van der Waals surface area contributed by atoms with Crippen LogP contribution < -0.4 is 0 Å². The predicted molar refractivity (Wildman–Crippen MR) is 82.3 cm³/mol. The van der Waals surface area contributed by atoms with E-state index in [-0.39, 0.29) is 0 Å². The Balaban J connectivity index is 2.13. The molecule has 2 heterocycles. The molecule has 0 amide bonds. The minimum atomic E-state index is 0.983. The number of hydrogen-bond acceptors (Lipinski definition) is 2. The lowest BCUT2D eigenvalue weighted by Crippen LogP contribution is -1.92. The molecule has 0 saturated heterocycles. The molecule has 98 valence electrons. The molecule has 20 heavy (non-hydrogen) atoms. The van der Waals surface area contributed by atoms with Gasteiger partial charge in [-0.2, -0.15) is 0 Å². The number of nitrogens with zero attached hydrogens (tertiary/aromatic N) is 2. The maximum Gasteiger partial charge on any atom is 0.0727 e. The van der Waals surface area contributed by atoms with E-state index in [0.29, 0.717) is 0 Å². The van der Waals surface area contributed by atoms with Gasteiger partial charge >= 0.3 is 0 Å². The van der Waals surface area contributed by atoms with Crippen molar-refractivity contribution in [3.05, 3.63) is 72.6 Å². The van der Waals surface area contributed by atoms with Gasteiger partial charge in [0.15, 0.2) is 0 Å². The van der Waals surface area contributed by atoms with E-state index in [4.69, 9.17) is 4.98 Å². The van der Waals surface area contributed by atoms with E-state index in [1.165, 1.54) is 5.56 Å². The average Bonchev–Trinajstić information content (AvgIpc) is 2.56. The van der Waals surface area contributed by atoms with Gasteiger partial charge in [-0.3, -0.25) is 4.98 Å². The predicted octanol–water partition coefficient (Wildman–Crippen LogP) is 4.37. The van der Waals surface area contributed by atoms with E-state index in [0.717, 1.165) is 28.9 Å². The number of hydrogen-bond donors (Lipinski definition) is 0.